The topological polar surface area (TPSA) is 60.5 Å². The molecule has 0 bridgehead atoms. The molecule has 0 aliphatic rings. The maximum absolute atomic E-state index is 8.81. The summed E-state index contributed by atoms with van der Waals surface area (Å²) in [5, 5.41) is 18.3. The molecule has 0 aliphatic carbocycles. The van der Waals surface area contributed by atoms with Crippen LogP contribution in [0.5, 0.6) is 0 Å². The van der Waals surface area contributed by atoms with E-state index in [9.17, 15) is 0 Å². The van der Waals surface area contributed by atoms with Gasteiger partial charge in [0.15, 0.2) is 0 Å². The van der Waals surface area contributed by atoms with Crippen LogP contribution in [0, 0.1) is 22.7 Å². The molecular formula is C11H5N3. The molecule has 0 aliphatic heterocycles. The summed E-state index contributed by atoms with van der Waals surface area (Å²) in [6, 6.07) is 11.1. The fourth-order valence-electron chi connectivity index (χ4n) is 1.31. The van der Waals surface area contributed by atoms with Gasteiger partial charge in [-0.3, -0.25) is 4.98 Å². The predicted molar refractivity (Wildman–Crippen MR) is 51.2 cm³/mol. The Morgan fingerprint density at radius 3 is 2.71 bits per heavy atom. The molecule has 64 valence electrons. The van der Waals surface area contributed by atoms with Crippen LogP contribution in [-0.2, 0) is 0 Å². The fourth-order valence-corrected chi connectivity index (χ4v) is 1.31. The van der Waals surface area contributed by atoms with Crippen LogP contribution in [0.15, 0.2) is 30.5 Å². The van der Waals surface area contributed by atoms with Gasteiger partial charge in [0.2, 0.25) is 0 Å². The largest absolute Gasteiger partial charge is 0.253 e. The molecule has 0 saturated heterocycles. The third-order valence-electron chi connectivity index (χ3n) is 1.96. The van der Waals surface area contributed by atoms with Gasteiger partial charge in [-0.1, -0.05) is 12.1 Å². The van der Waals surface area contributed by atoms with Gasteiger partial charge in [0, 0.05) is 11.6 Å². The van der Waals surface area contributed by atoms with Crippen molar-refractivity contribution in [3.63, 3.8) is 0 Å². The Bertz CT molecular complexity index is 573. The lowest BCUT2D eigenvalue weighted by atomic mass is 10.1. The minimum atomic E-state index is 0.507. The Balaban J connectivity index is 2.83. The normalized spacial score (nSPS) is 9.29. The number of nitriles is 2. The molecule has 2 rings (SSSR count). The molecule has 0 unspecified atom stereocenters. The zero-order valence-electron chi connectivity index (χ0n) is 7.23. The van der Waals surface area contributed by atoms with Crippen molar-refractivity contribution in [2.45, 2.75) is 0 Å². The van der Waals surface area contributed by atoms with E-state index < -0.39 is 0 Å². The zero-order chi connectivity index (χ0) is 9.97. The predicted octanol–water partition coefficient (Wildman–Crippen LogP) is 1.98. The van der Waals surface area contributed by atoms with Crippen LogP contribution in [0.1, 0.15) is 11.1 Å². The van der Waals surface area contributed by atoms with Crippen molar-refractivity contribution in [3.05, 3.63) is 41.6 Å². The molecule has 0 fully saturated rings. The van der Waals surface area contributed by atoms with Gasteiger partial charge >= 0.3 is 0 Å². The lowest BCUT2D eigenvalue weighted by molar-refractivity contribution is 1.36. The van der Waals surface area contributed by atoms with Crippen LogP contribution in [0.4, 0.5) is 0 Å². The summed E-state index contributed by atoms with van der Waals surface area (Å²) < 4.78 is 0. The summed E-state index contributed by atoms with van der Waals surface area (Å²) in [4.78, 5) is 4.08. The van der Waals surface area contributed by atoms with E-state index in [-0.39, 0.29) is 0 Å². The summed E-state index contributed by atoms with van der Waals surface area (Å²) in [6.07, 6.45) is 1.48. The zero-order valence-corrected chi connectivity index (χ0v) is 7.23. The van der Waals surface area contributed by atoms with E-state index in [0.29, 0.717) is 16.6 Å². The molecule has 0 spiro atoms. The summed E-state index contributed by atoms with van der Waals surface area (Å²) in [5.74, 6) is 0. The Hall–Kier alpha value is -2.39. The van der Waals surface area contributed by atoms with Gasteiger partial charge in [0.1, 0.15) is 12.1 Å². The van der Waals surface area contributed by atoms with Crippen molar-refractivity contribution in [1.82, 2.24) is 4.98 Å². The molecule has 14 heavy (non-hydrogen) atoms. The second kappa shape index (κ2) is 3.16. The highest BCUT2D eigenvalue weighted by Crippen LogP contribution is 2.16. The highest BCUT2D eigenvalue weighted by Gasteiger charge is 2.01. The van der Waals surface area contributed by atoms with Crippen LogP contribution in [0.2, 0.25) is 0 Å². The summed E-state index contributed by atoms with van der Waals surface area (Å²) in [7, 11) is 0. The van der Waals surface area contributed by atoms with Gasteiger partial charge in [0.25, 0.3) is 0 Å². The number of para-hydroxylation sites is 1. The summed E-state index contributed by atoms with van der Waals surface area (Å²) in [6.45, 7) is 0. The van der Waals surface area contributed by atoms with Crippen molar-refractivity contribution < 1.29 is 0 Å². The van der Waals surface area contributed by atoms with Crippen LogP contribution in [-0.4, -0.2) is 4.98 Å². The van der Waals surface area contributed by atoms with Gasteiger partial charge in [-0.25, -0.2) is 0 Å². The van der Waals surface area contributed by atoms with Gasteiger partial charge in [-0.15, -0.1) is 0 Å². The molecule has 0 radical (unpaired) electrons. The van der Waals surface area contributed by atoms with Crippen molar-refractivity contribution in [2.24, 2.45) is 0 Å². The highest BCUT2D eigenvalue weighted by atomic mass is 14.7. The Kier molecular flexibility index (Phi) is 1.86. The Morgan fingerprint density at radius 1 is 1.14 bits per heavy atom. The number of nitrogens with zero attached hydrogens (tertiary/aromatic N) is 3. The summed E-state index contributed by atoms with van der Waals surface area (Å²) in [5.41, 5.74) is 1.69. The van der Waals surface area contributed by atoms with E-state index in [1.807, 2.05) is 12.1 Å². The molecule has 2 aromatic rings. The molecule has 3 heteroatoms. The van der Waals surface area contributed by atoms with E-state index in [1.54, 1.807) is 18.2 Å². The number of pyridine rings is 1. The van der Waals surface area contributed by atoms with E-state index in [1.165, 1.54) is 6.20 Å². The second-order valence-corrected chi connectivity index (χ2v) is 2.82. The quantitative estimate of drug-likeness (QED) is 0.621. The van der Waals surface area contributed by atoms with E-state index in [2.05, 4.69) is 11.1 Å². The third kappa shape index (κ3) is 1.18. The van der Waals surface area contributed by atoms with Crippen molar-refractivity contribution in [1.29, 1.82) is 10.5 Å². The number of hydrogen-bond donors (Lipinski definition) is 0. The monoisotopic (exact) mass is 179 g/mol. The van der Waals surface area contributed by atoms with Crippen LogP contribution < -0.4 is 0 Å². The van der Waals surface area contributed by atoms with Gasteiger partial charge in [-0.05, 0) is 12.1 Å². The number of benzene rings is 1. The molecule has 0 amide bonds. The third-order valence-corrected chi connectivity index (χ3v) is 1.96. The van der Waals surface area contributed by atoms with Gasteiger partial charge in [0.05, 0.1) is 16.6 Å². The molecular weight excluding hydrogens is 174 g/mol. The molecule has 0 N–H and O–H groups in total. The van der Waals surface area contributed by atoms with Gasteiger partial charge < -0.3 is 0 Å². The summed E-state index contributed by atoms with van der Waals surface area (Å²) >= 11 is 0. The van der Waals surface area contributed by atoms with Crippen LogP contribution in [0.3, 0.4) is 0 Å². The number of hydrogen-bond acceptors (Lipinski definition) is 3. The SMILES string of the molecule is N#Cc1cnc2c(C#N)cccc2c1. The van der Waals surface area contributed by atoms with Crippen LogP contribution in [0.25, 0.3) is 10.9 Å². The molecule has 0 saturated carbocycles. The molecule has 1 aromatic heterocycles. The van der Waals surface area contributed by atoms with E-state index in [0.717, 1.165) is 5.39 Å². The van der Waals surface area contributed by atoms with Crippen molar-refractivity contribution >= 4 is 10.9 Å². The first kappa shape index (κ1) is 8.22. The van der Waals surface area contributed by atoms with Crippen molar-refractivity contribution in [2.75, 3.05) is 0 Å². The molecule has 1 heterocycles. The first-order valence-electron chi connectivity index (χ1n) is 4.04. The molecule has 1 aromatic carbocycles. The number of aromatic nitrogens is 1. The number of rotatable bonds is 0. The first-order valence-corrected chi connectivity index (χ1v) is 4.04. The second-order valence-electron chi connectivity index (χ2n) is 2.82. The van der Waals surface area contributed by atoms with Gasteiger partial charge in [-0.2, -0.15) is 10.5 Å². The fraction of sp³-hybridized carbons (Fsp3) is 0. The maximum atomic E-state index is 8.81. The van der Waals surface area contributed by atoms with Crippen LogP contribution >= 0.6 is 0 Å². The lowest BCUT2D eigenvalue weighted by Crippen LogP contribution is -1.85. The Morgan fingerprint density at radius 2 is 2.00 bits per heavy atom. The van der Waals surface area contributed by atoms with E-state index in [4.69, 9.17) is 10.5 Å². The standard InChI is InChI=1S/C11H5N3/c12-5-8-4-9-2-1-3-10(6-13)11(9)14-7-8/h1-4,7H. The highest BCUT2D eigenvalue weighted by molar-refractivity contribution is 5.84. The number of fused-ring (bicyclic) bond motifs is 1. The minimum absolute atomic E-state index is 0.507. The molecule has 3 nitrogen and oxygen atoms in total. The first-order chi connectivity index (χ1) is 6.85. The smallest absolute Gasteiger partial charge is 0.101 e. The molecule has 0 atom stereocenters. The average molecular weight is 179 g/mol. The lowest BCUT2D eigenvalue weighted by Gasteiger charge is -1.98. The minimum Gasteiger partial charge on any atom is -0.253 e. The van der Waals surface area contributed by atoms with Crippen molar-refractivity contribution in [3.8, 4) is 12.1 Å². The Labute approximate surface area is 80.8 Å². The van der Waals surface area contributed by atoms with E-state index >= 15 is 0 Å². The maximum Gasteiger partial charge on any atom is 0.101 e. The average Bonchev–Trinajstić information content (AvgIpc) is 2.27.